The summed E-state index contributed by atoms with van der Waals surface area (Å²) < 4.78 is 38.1. The molecule has 0 fully saturated rings. The molecule has 9 heteroatoms. The van der Waals surface area contributed by atoms with Gasteiger partial charge in [-0.25, -0.2) is 4.79 Å². The minimum absolute atomic E-state index is 0.0907. The standard InChI is InChI=1S/C17H13F3N2O4/c18-17(19,20)12-3-1-10(2-4-12)15(16(23)24)21-8-7-11-9-13(22(25)26)5-6-14(11)21/h1-6,9,15H,7-8H2,(H,23,24). The van der Waals surface area contributed by atoms with Crippen LogP contribution in [0.2, 0.25) is 0 Å². The second-order valence-electron chi connectivity index (χ2n) is 5.87. The first-order chi connectivity index (χ1) is 12.2. The predicted molar refractivity (Wildman–Crippen MR) is 86.0 cm³/mol. The van der Waals surface area contributed by atoms with Crippen LogP contribution in [-0.2, 0) is 17.4 Å². The minimum Gasteiger partial charge on any atom is -0.479 e. The van der Waals surface area contributed by atoms with Crippen molar-refractivity contribution in [3.63, 3.8) is 0 Å². The molecular formula is C17H13F3N2O4. The molecule has 1 heterocycles. The molecule has 3 rings (SSSR count). The third kappa shape index (κ3) is 3.19. The van der Waals surface area contributed by atoms with Crippen molar-refractivity contribution in [2.24, 2.45) is 0 Å². The first kappa shape index (κ1) is 17.7. The molecule has 26 heavy (non-hydrogen) atoms. The zero-order valence-electron chi connectivity index (χ0n) is 13.2. The van der Waals surface area contributed by atoms with Gasteiger partial charge >= 0.3 is 12.1 Å². The normalized spacial score (nSPS) is 14.8. The van der Waals surface area contributed by atoms with Crippen LogP contribution in [0.4, 0.5) is 24.5 Å². The van der Waals surface area contributed by atoms with Gasteiger partial charge in [0.15, 0.2) is 6.04 Å². The Bertz CT molecular complexity index is 865. The number of non-ortho nitro benzene ring substituents is 1. The lowest BCUT2D eigenvalue weighted by molar-refractivity contribution is -0.384. The Morgan fingerprint density at radius 2 is 1.85 bits per heavy atom. The zero-order chi connectivity index (χ0) is 19.1. The molecule has 0 bridgehead atoms. The van der Waals surface area contributed by atoms with Crippen molar-refractivity contribution >= 4 is 17.3 Å². The number of hydrogen-bond acceptors (Lipinski definition) is 4. The molecule has 0 aromatic heterocycles. The Balaban J connectivity index is 1.96. The largest absolute Gasteiger partial charge is 0.479 e. The number of benzene rings is 2. The number of alkyl halides is 3. The number of carbonyl (C=O) groups is 1. The first-order valence-corrected chi connectivity index (χ1v) is 7.62. The number of carboxylic acid groups (broad SMARTS) is 1. The van der Waals surface area contributed by atoms with Crippen LogP contribution in [0.1, 0.15) is 22.7 Å². The van der Waals surface area contributed by atoms with E-state index in [9.17, 15) is 33.2 Å². The SMILES string of the molecule is O=C(O)C(c1ccc(C(F)(F)F)cc1)N1CCc2cc([N+](=O)[O-])ccc21. The number of nitrogens with zero attached hydrogens (tertiary/aromatic N) is 2. The fourth-order valence-electron chi connectivity index (χ4n) is 3.11. The van der Waals surface area contributed by atoms with Gasteiger partial charge in [0, 0.05) is 24.4 Å². The smallest absolute Gasteiger partial charge is 0.416 e. The molecule has 2 aromatic carbocycles. The van der Waals surface area contributed by atoms with E-state index in [1.807, 2.05) is 0 Å². The summed E-state index contributed by atoms with van der Waals surface area (Å²) in [4.78, 5) is 23.6. The third-order valence-electron chi connectivity index (χ3n) is 4.30. The molecule has 1 aliphatic heterocycles. The number of hydrogen-bond donors (Lipinski definition) is 1. The topological polar surface area (TPSA) is 83.7 Å². The van der Waals surface area contributed by atoms with Crippen LogP contribution in [0.25, 0.3) is 0 Å². The van der Waals surface area contributed by atoms with Gasteiger partial charge in [-0.3, -0.25) is 10.1 Å². The quantitative estimate of drug-likeness (QED) is 0.657. The van der Waals surface area contributed by atoms with Crippen LogP contribution in [0.15, 0.2) is 42.5 Å². The Morgan fingerprint density at radius 1 is 1.19 bits per heavy atom. The molecule has 2 aromatic rings. The summed E-state index contributed by atoms with van der Waals surface area (Å²) in [5, 5.41) is 20.5. The van der Waals surface area contributed by atoms with E-state index in [2.05, 4.69) is 0 Å². The van der Waals surface area contributed by atoms with Crippen molar-refractivity contribution in [1.29, 1.82) is 0 Å². The van der Waals surface area contributed by atoms with Gasteiger partial charge in [0.05, 0.1) is 10.5 Å². The highest BCUT2D eigenvalue weighted by atomic mass is 19.4. The van der Waals surface area contributed by atoms with Gasteiger partial charge in [-0.1, -0.05) is 12.1 Å². The molecule has 1 aliphatic rings. The third-order valence-corrected chi connectivity index (χ3v) is 4.30. The zero-order valence-corrected chi connectivity index (χ0v) is 13.2. The number of carboxylic acids is 1. The fourth-order valence-corrected chi connectivity index (χ4v) is 3.11. The molecule has 0 saturated carbocycles. The van der Waals surface area contributed by atoms with E-state index in [1.54, 1.807) is 0 Å². The van der Waals surface area contributed by atoms with Crippen molar-refractivity contribution in [3.05, 3.63) is 69.3 Å². The first-order valence-electron chi connectivity index (χ1n) is 7.62. The number of fused-ring (bicyclic) bond motifs is 1. The van der Waals surface area contributed by atoms with Gasteiger partial charge < -0.3 is 10.0 Å². The molecule has 136 valence electrons. The lowest BCUT2D eigenvalue weighted by atomic mass is 10.0. The van der Waals surface area contributed by atoms with Gasteiger partial charge in [-0.15, -0.1) is 0 Å². The van der Waals surface area contributed by atoms with Crippen molar-refractivity contribution in [2.45, 2.75) is 18.6 Å². The number of aliphatic carboxylic acids is 1. The Kier molecular flexibility index (Phi) is 4.31. The summed E-state index contributed by atoms with van der Waals surface area (Å²) in [5.41, 5.74) is 0.423. The highest BCUT2D eigenvalue weighted by molar-refractivity contribution is 5.81. The molecule has 0 spiro atoms. The van der Waals surface area contributed by atoms with Crippen molar-refractivity contribution in [3.8, 4) is 0 Å². The van der Waals surface area contributed by atoms with Gasteiger partial charge in [0.25, 0.3) is 5.69 Å². The van der Waals surface area contributed by atoms with Gasteiger partial charge in [-0.2, -0.15) is 13.2 Å². The van der Waals surface area contributed by atoms with Crippen LogP contribution in [0.5, 0.6) is 0 Å². The average molecular weight is 366 g/mol. The van der Waals surface area contributed by atoms with Crippen molar-refractivity contribution in [2.75, 3.05) is 11.4 Å². The lowest BCUT2D eigenvalue weighted by Gasteiger charge is -2.27. The van der Waals surface area contributed by atoms with Gasteiger partial charge in [0.2, 0.25) is 0 Å². The van der Waals surface area contributed by atoms with Gasteiger partial charge in [-0.05, 0) is 35.7 Å². The minimum atomic E-state index is -4.50. The molecule has 1 N–H and O–H groups in total. The van der Waals surface area contributed by atoms with Crippen LogP contribution in [0, 0.1) is 10.1 Å². The second-order valence-corrected chi connectivity index (χ2v) is 5.87. The summed E-state index contributed by atoms with van der Waals surface area (Å²) in [7, 11) is 0. The van der Waals surface area contributed by atoms with Gasteiger partial charge in [0.1, 0.15) is 0 Å². The maximum Gasteiger partial charge on any atom is 0.416 e. The molecular weight excluding hydrogens is 353 g/mol. The number of halogens is 3. The summed E-state index contributed by atoms with van der Waals surface area (Å²) in [6.07, 6.45) is -4.09. The van der Waals surface area contributed by atoms with Crippen LogP contribution in [0.3, 0.4) is 0 Å². The summed E-state index contributed by atoms with van der Waals surface area (Å²) in [6, 6.07) is 6.94. The van der Waals surface area contributed by atoms with E-state index in [4.69, 9.17) is 0 Å². The second kappa shape index (κ2) is 6.32. The lowest BCUT2D eigenvalue weighted by Crippen LogP contribution is -2.32. The molecule has 0 radical (unpaired) electrons. The maximum atomic E-state index is 12.7. The number of nitro benzene ring substituents is 1. The van der Waals surface area contributed by atoms with Crippen LogP contribution >= 0.6 is 0 Å². The highest BCUT2D eigenvalue weighted by Crippen LogP contribution is 2.38. The summed E-state index contributed by atoms with van der Waals surface area (Å²) >= 11 is 0. The van der Waals surface area contributed by atoms with Crippen LogP contribution < -0.4 is 4.90 Å². The molecule has 1 atom stereocenters. The Morgan fingerprint density at radius 3 is 2.38 bits per heavy atom. The molecule has 0 amide bonds. The van der Waals surface area contributed by atoms with E-state index < -0.39 is 28.7 Å². The van der Waals surface area contributed by atoms with Crippen molar-refractivity contribution in [1.82, 2.24) is 0 Å². The number of nitro groups is 1. The van der Waals surface area contributed by atoms with Crippen LogP contribution in [-0.4, -0.2) is 22.5 Å². The number of rotatable bonds is 4. The Hall–Kier alpha value is -3.10. The maximum absolute atomic E-state index is 12.7. The molecule has 0 aliphatic carbocycles. The predicted octanol–water partition coefficient (Wildman–Crippen LogP) is 3.80. The number of anilines is 1. The fraction of sp³-hybridized carbons (Fsp3) is 0.235. The summed E-state index contributed by atoms with van der Waals surface area (Å²) in [5.74, 6) is -1.21. The van der Waals surface area contributed by atoms with E-state index in [0.717, 1.165) is 24.3 Å². The van der Waals surface area contributed by atoms with E-state index in [0.29, 0.717) is 24.2 Å². The Labute approximate surface area is 145 Å². The monoisotopic (exact) mass is 366 g/mol. The average Bonchev–Trinajstić information content (AvgIpc) is 2.97. The van der Waals surface area contributed by atoms with Crippen molar-refractivity contribution < 1.29 is 28.0 Å². The van der Waals surface area contributed by atoms with E-state index in [1.165, 1.54) is 23.1 Å². The van der Waals surface area contributed by atoms with E-state index in [-0.39, 0.29) is 11.3 Å². The van der Waals surface area contributed by atoms with E-state index >= 15 is 0 Å². The highest BCUT2D eigenvalue weighted by Gasteiger charge is 2.35. The molecule has 6 nitrogen and oxygen atoms in total. The summed E-state index contributed by atoms with van der Waals surface area (Å²) in [6.45, 7) is 0.300. The molecule has 1 unspecified atom stereocenters. The molecule has 0 saturated heterocycles.